The molecule has 23 heavy (non-hydrogen) atoms. The Morgan fingerprint density at radius 1 is 0.826 bits per heavy atom. The van der Waals surface area contributed by atoms with E-state index in [1.165, 1.54) is 0 Å². The number of benzene rings is 2. The van der Waals surface area contributed by atoms with Gasteiger partial charge in [0.15, 0.2) is 0 Å². The van der Waals surface area contributed by atoms with E-state index in [0.717, 1.165) is 11.1 Å². The van der Waals surface area contributed by atoms with Gasteiger partial charge in [-0.3, -0.25) is 0 Å². The lowest BCUT2D eigenvalue weighted by atomic mass is 9.63. The zero-order chi connectivity index (χ0) is 16.5. The summed E-state index contributed by atoms with van der Waals surface area (Å²) in [5, 5.41) is 9.51. The Morgan fingerprint density at radius 2 is 1.35 bits per heavy atom. The van der Waals surface area contributed by atoms with E-state index in [1.54, 1.807) is 12.1 Å². The summed E-state index contributed by atoms with van der Waals surface area (Å²) in [4.78, 5) is 0. The Labute approximate surface area is 133 Å². The molecule has 0 amide bonds. The summed E-state index contributed by atoms with van der Waals surface area (Å²) in [5.41, 5.74) is 1.62. The van der Waals surface area contributed by atoms with Crippen molar-refractivity contribution in [2.75, 3.05) is 0 Å². The van der Waals surface area contributed by atoms with Crippen molar-refractivity contribution in [2.24, 2.45) is 5.92 Å². The van der Waals surface area contributed by atoms with E-state index < -0.39 is 17.5 Å². The van der Waals surface area contributed by atoms with Gasteiger partial charge in [-0.15, -0.1) is 0 Å². The summed E-state index contributed by atoms with van der Waals surface area (Å²) in [6.07, 6.45) is -2.91. The van der Waals surface area contributed by atoms with Gasteiger partial charge in [0.2, 0.25) is 0 Å². The number of hydrogen-bond donors (Lipinski definition) is 1. The summed E-state index contributed by atoms with van der Waals surface area (Å²) in [6.45, 7) is 0. The van der Waals surface area contributed by atoms with E-state index >= 15 is 0 Å². The Bertz CT molecular complexity index is 639. The van der Waals surface area contributed by atoms with Gasteiger partial charge in [-0.1, -0.05) is 42.5 Å². The molecule has 1 fully saturated rings. The average Bonchev–Trinajstić information content (AvgIpc) is 2.55. The van der Waals surface area contributed by atoms with Crippen molar-refractivity contribution >= 4 is 0 Å². The maximum atomic E-state index is 13.0. The normalized spacial score (nSPS) is 25.3. The molecule has 0 atom stereocenters. The van der Waals surface area contributed by atoms with Crippen LogP contribution < -0.4 is 0 Å². The molecule has 0 unspecified atom stereocenters. The monoisotopic (exact) mass is 320 g/mol. The molecule has 0 heterocycles. The minimum atomic E-state index is -4.11. The molecule has 1 aliphatic rings. The van der Waals surface area contributed by atoms with Gasteiger partial charge in [0.1, 0.15) is 5.75 Å². The Morgan fingerprint density at radius 3 is 1.87 bits per heavy atom. The van der Waals surface area contributed by atoms with Crippen LogP contribution in [0.3, 0.4) is 0 Å². The maximum Gasteiger partial charge on any atom is 0.391 e. The van der Waals surface area contributed by atoms with Gasteiger partial charge in [0.25, 0.3) is 0 Å². The lowest BCUT2D eigenvalue weighted by molar-refractivity contribution is -0.184. The lowest BCUT2D eigenvalue weighted by Crippen LogP contribution is -2.37. The minimum absolute atomic E-state index is 0.138. The highest BCUT2D eigenvalue weighted by Gasteiger charge is 2.46. The van der Waals surface area contributed by atoms with Crippen LogP contribution in [0.1, 0.15) is 36.8 Å². The summed E-state index contributed by atoms with van der Waals surface area (Å²) >= 11 is 0. The molecule has 0 saturated heterocycles. The van der Waals surface area contributed by atoms with Gasteiger partial charge in [-0.2, -0.15) is 13.2 Å². The zero-order valence-electron chi connectivity index (χ0n) is 12.7. The molecule has 0 bridgehead atoms. The summed E-state index contributed by atoms with van der Waals surface area (Å²) in [5.74, 6) is -1.04. The number of phenolic OH excluding ortho intramolecular Hbond substituents is 1. The van der Waals surface area contributed by atoms with E-state index in [-0.39, 0.29) is 18.6 Å². The zero-order valence-corrected chi connectivity index (χ0v) is 12.7. The topological polar surface area (TPSA) is 20.2 Å². The first kappa shape index (κ1) is 15.9. The van der Waals surface area contributed by atoms with Crippen LogP contribution >= 0.6 is 0 Å². The molecule has 1 aliphatic carbocycles. The number of alkyl halides is 3. The quantitative estimate of drug-likeness (QED) is 0.782. The van der Waals surface area contributed by atoms with Crippen molar-refractivity contribution in [1.29, 1.82) is 0 Å². The fourth-order valence-corrected chi connectivity index (χ4v) is 3.72. The van der Waals surface area contributed by atoms with E-state index in [1.807, 2.05) is 42.5 Å². The Kier molecular flexibility index (Phi) is 4.09. The number of phenols is 1. The molecule has 0 radical (unpaired) electrons. The fraction of sp³-hybridized carbons (Fsp3) is 0.368. The molecule has 4 heteroatoms. The third-order valence-corrected chi connectivity index (χ3v) is 5.05. The average molecular weight is 320 g/mol. The van der Waals surface area contributed by atoms with Crippen LogP contribution in [0, 0.1) is 5.92 Å². The van der Waals surface area contributed by atoms with Gasteiger partial charge in [-0.25, -0.2) is 0 Å². The van der Waals surface area contributed by atoms with E-state index in [9.17, 15) is 18.3 Å². The third-order valence-electron chi connectivity index (χ3n) is 5.05. The summed E-state index contributed by atoms with van der Waals surface area (Å²) < 4.78 is 39.1. The van der Waals surface area contributed by atoms with Crippen molar-refractivity contribution in [1.82, 2.24) is 0 Å². The molecule has 0 spiro atoms. The van der Waals surface area contributed by atoms with Gasteiger partial charge < -0.3 is 5.11 Å². The standard InChI is InChI=1S/C19H19F3O/c20-19(21,22)16-10-12-18(13-11-16,14-4-2-1-3-5-14)15-6-8-17(23)9-7-15/h1-9,16,23H,10-13H2/t16-,18-. The van der Waals surface area contributed by atoms with Crippen LogP contribution in [0.4, 0.5) is 13.2 Å². The first-order valence-electron chi connectivity index (χ1n) is 7.83. The van der Waals surface area contributed by atoms with Crippen LogP contribution in [0.2, 0.25) is 0 Å². The second-order valence-corrected chi connectivity index (χ2v) is 6.31. The molecule has 1 N–H and O–H groups in total. The number of aromatic hydroxyl groups is 1. The molecular formula is C19H19F3O. The molecular weight excluding hydrogens is 301 g/mol. The summed E-state index contributed by atoms with van der Waals surface area (Å²) in [7, 11) is 0. The Balaban J connectivity index is 1.98. The number of rotatable bonds is 2. The molecule has 1 saturated carbocycles. The van der Waals surface area contributed by atoms with Crippen molar-refractivity contribution in [3.05, 3.63) is 65.7 Å². The Hall–Kier alpha value is -1.97. The highest BCUT2D eigenvalue weighted by molar-refractivity contribution is 5.41. The highest BCUT2D eigenvalue weighted by atomic mass is 19.4. The predicted octanol–water partition coefficient (Wildman–Crippen LogP) is 5.43. The lowest BCUT2D eigenvalue weighted by Gasteiger charge is -2.41. The first-order chi connectivity index (χ1) is 10.9. The molecule has 2 aromatic rings. The molecule has 2 aromatic carbocycles. The SMILES string of the molecule is Oc1ccc([C@]2(c3ccccc3)CC[C@@H](C(F)(F)F)CC2)cc1. The predicted molar refractivity (Wildman–Crippen MR) is 83.3 cm³/mol. The van der Waals surface area contributed by atoms with E-state index in [4.69, 9.17) is 0 Å². The van der Waals surface area contributed by atoms with Gasteiger partial charge in [-0.05, 0) is 48.9 Å². The maximum absolute atomic E-state index is 13.0. The molecule has 0 aliphatic heterocycles. The number of hydrogen-bond acceptors (Lipinski definition) is 1. The van der Waals surface area contributed by atoms with Gasteiger partial charge in [0.05, 0.1) is 5.92 Å². The molecule has 0 aromatic heterocycles. The van der Waals surface area contributed by atoms with Crippen molar-refractivity contribution in [3.63, 3.8) is 0 Å². The highest BCUT2D eigenvalue weighted by Crippen LogP contribution is 2.50. The van der Waals surface area contributed by atoms with Crippen LogP contribution in [0.15, 0.2) is 54.6 Å². The molecule has 122 valence electrons. The minimum Gasteiger partial charge on any atom is -0.508 e. The molecule has 3 rings (SSSR count). The van der Waals surface area contributed by atoms with Crippen LogP contribution in [-0.2, 0) is 5.41 Å². The summed E-state index contributed by atoms with van der Waals surface area (Å²) in [6, 6.07) is 16.6. The fourth-order valence-electron chi connectivity index (χ4n) is 3.72. The smallest absolute Gasteiger partial charge is 0.391 e. The second kappa shape index (κ2) is 5.91. The third kappa shape index (κ3) is 3.07. The van der Waals surface area contributed by atoms with Crippen molar-refractivity contribution in [2.45, 2.75) is 37.3 Å². The second-order valence-electron chi connectivity index (χ2n) is 6.31. The largest absolute Gasteiger partial charge is 0.508 e. The van der Waals surface area contributed by atoms with Crippen molar-refractivity contribution in [3.8, 4) is 5.75 Å². The number of halogens is 3. The molecule has 1 nitrogen and oxygen atoms in total. The van der Waals surface area contributed by atoms with Gasteiger partial charge >= 0.3 is 6.18 Å². The van der Waals surface area contributed by atoms with Crippen LogP contribution in [0.5, 0.6) is 5.75 Å². The van der Waals surface area contributed by atoms with E-state index in [2.05, 4.69) is 0 Å². The van der Waals surface area contributed by atoms with E-state index in [0.29, 0.717) is 12.8 Å². The van der Waals surface area contributed by atoms with Gasteiger partial charge in [0, 0.05) is 5.41 Å². The van der Waals surface area contributed by atoms with Crippen LogP contribution in [-0.4, -0.2) is 11.3 Å². The van der Waals surface area contributed by atoms with Crippen molar-refractivity contribution < 1.29 is 18.3 Å². The van der Waals surface area contributed by atoms with Crippen LogP contribution in [0.25, 0.3) is 0 Å². The first-order valence-corrected chi connectivity index (χ1v) is 7.83.